The number of nitrogens with zero attached hydrogens (tertiary/aromatic N) is 4. The molecule has 1 amide bonds. The minimum atomic E-state index is -0.578. The van der Waals surface area contributed by atoms with Gasteiger partial charge in [0.25, 0.3) is 5.56 Å². The number of fused-ring (bicyclic) bond motifs is 4. The van der Waals surface area contributed by atoms with Crippen LogP contribution in [0.5, 0.6) is 0 Å². The lowest BCUT2D eigenvalue weighted by molar-refractivity contribution is -0.116. The minimum absolute atomic E-state index is 0.278. The second-order valence-corrected chi connectivity index (χ2v) is 7.51. The number of hydrogen-bond acceptors (Lipinski definition) is 4. The molecule has 1 aliphatic carbocycles. The fourth-order valence-corrected chi connectivity index (χ4v) is 4.10. The molecule has 8 heteroatoms. The molecule has 2 heterocycles. The Kier molecular flexibility index (Phi) is 3.95. The lowest BCUT2D eigenvalue weighted by atomic mass is 10.1. The monoisotopic (exact) mass is 401 g/mol. The van der Waals surface area contributed by atoms with Crippen molar-refractivity contribution in [2.24, 2.45) is 14.1 Å². The van der Waals surface area contributed by atoms with Gasteiger partial charge in [0.1, 0.15) is 6.54 Å². The Balaban J connectivity index is 1.43. The molecule has 1 N–H and O–H groups in total. The largest absolute Gasteiger partial charge is 0.332 e. The van der Waals surface area contributed by atoms with Crippen LogP contribution < -0.4 is 16.6 Å². The number of rotatable bonds is 3. The van der Waals surface area contributed by atoms with Gasteiger partial charge >= 0.3 is 5.69 Å². The van der Waals surface area contributed by atoms with Crippen LogP contribution in [-0.2, 0) is 31.9 Å². The molecular formula is C22H19N5O3. The van der Waals surface area contributed by atoms with Crippen molar-refractivity contribution in [2.75, 3.05) is 5.32 Å². The van der Waals surface area contributed by atoms with Crippen LogP contribution in [0.15, 0.2) is 58.4 Å². The Morgan fingerprint density at radius 3 is 2.67 bits per heavy atom. The number of amides is 1. The highest BCUT2D eigenvalue weighted by atomic mass is 16.2. The molecule has 0 spiro atoms. The van der Waals surface area contributed by atoms with Gasteiger partial charge in [0.2, 0.25) is 5.91 Å². The lowest BCUT2D eigenvalue weighted by Crippen LogP contribution is -2.42. The van der Waals surface area contributed by atoms with E-state index in [1.165, 1.54) is 29.1 Å². The first-order valence-electron chi connectivity index (χ1n) is 9.56. The van der Waals surface area contributed by atoms with Crippen LogP contribution in [0.25, 0.3) is 22.3 Å². The van der Waals surface area contributed by atoms with E-state index in [1.807, 2.05) is 30.3 Å². The van der Waals surface area contributed by atoms with Crippen LogP contribution in [-0.4, -0.2) is 24.6 Å². The molecule has 4 aromatic rings. The maximum absolute atomic E-state index is 12.8. The predicted molar refractivity (Wildman–Crippen MR) is 114 cm³/mol. The van der Waals surface area contributed by atoms with E-state index in [0.29, 0.717) is 11.3 Å². The molecule has 30 heavy (non-hydrogen) atoms. The van der Waals surface area contributed by atoms with E-state index < -0.39 is 17.2 Å². The van der Waals surface area contributed by atoms with Crippen molar-refractivity contribution >= 4 is 22.8 Å². The van der Waals surface area contributed by atoms with Crippen molar-refractivity contribution in [1.82, 2.24) is 18.7 Å². The zero-order valence-electron chi connectivity index (χ0n) is 16.5. The zero-order chi connectivity index (χ0) is 21.0. The quantitative estimate of drug-likeness (QED) is 0.498. The van der Waals surface area contributed by atoms with E-state index in [-0.39, 0.29) is 12.1 Å². The van der Waals surface area contributed by atoms with Crippen molar-refractivity contribution < 1.29 is 4.79 Å². The molecular weight excluding hydrogens is 382 g/mol. The van der Waals surface area contributed by atoms with Gasteiger partial charge < -0.3 is 9.88 Å². The number of imidazole rings is 1. The highest BCUT2D eigenvalue weighted by Gasteiger charge is 2.20. The molecule has 0 saturated heterocycles. The molecule has 2 aromatic carbocycles. The van der Waals surface area contributed by atoms with Crippen LogP contribution in [0.4, 0.5) is 5.69 Å². The third-order valence-electron chi connectivity index (χ3n) is 5.58. The smallest absolute Gasteiger partial charge is 0.328 e. The van der Waals surface area contributed by atoms with Gasteiger partial charge in [0, 0.05) is 19.8 Å². The molecule has 0 unspecified atom stereocenters. The average molecular weight is 401 g/mol. The van der Waals surface area contributed by atoms with E-state index in [2.05, 4.69) is 22.4 Å². The Hall–Kier alpha value is -3.94. The SMILES string of the molecule is Cn1cnc2c1c(=O)n(CC(=O)Nc1ccc3c(c1)Cc1ccccc1-3)c(=O)n2C. The summed E-state index contributed by atoms with van der Waals surface area (Å²) >= 11 is 0. The molecule has 0 atom stereocenters. The number of benzene rings is 2. The Bertz CT molecular complexity index is 1460. The van der Waals surface area contributed by atoms with Gasteiger partial charge in [-0.25, -0.2) is 14.3 Å². The van der Waals surface area contributed by atoms with Gasteiger partial charge in [0.05, 0.1) is 6.33 Å². The minimum Gasteiger partial charge on any atom is -0.328 e. The number of anilines is 1. The standard InChI is InChI=1S/C22H19N5O3/c1-25-12-23-20-19(25)21(29)27(22(30)26(20)2)11-18(28)24-15-7-8-17-14(10-15)9-13-5-3-4-6-16(13)17/h3-8,10,12H,9,11H2,1-2H3,(H,24,28). The summed E-state index contributed by atoms with van der Waals surface area (Å²) in [5.41, 5.74) is 4.87. The normalized spacial score (nSPS) is 12.1. The highest BCUT2D eigenvalue weighted by molar-refractivity contribution is 5.91. The van der Waals surface area contributed by atoms with Gasteiger partial charge in [-0.2, -0.15) is 0 Å². The molecule has 0 fully saturated rings. The second-order valence-electron chi connectivity index (χ2n) is 7.51. The van der Waals surface area contributed by atoms with Crippen molar-refractivity contribution in [2.45, 2.75) is 13.0 Å². The van der Waals surface area contributed by atoms with Crippen molar-refractivity contribution in [3.05, 3.63) is 80.8 Å². The van der Waals surface area contributed by atoms with Gasteiger partial charge in [-0.05, 0) is 40.8 Å². The summed E-state index contributed by atoms with van der Waals surface area (Å²) < 4.78 is 3.75. The molecule has 5 rings (SSSR count). The predicted octanol–water partition coefficient (Wildman–Crippen LogP) is 1.64. The molecule has 0 saturated carbocycles. The van der Waals surface area contributed by atoms with Crippen LogP contribution in [0.3, 0.4) is 0 Å². The first-order valence-corrected chi connectivity index (χ1v) is 9.56. The van der Waals surface area contributed by atoms with E-state index in [0.717, 1.165) is 22.1 Å². The van der Waals surface area contributed by atoms with E-state index >= 15 is 0 Å². The zero-order valence-corrected chi connectivity index (χ0v) is 16.5. The topological polar surface area (TPSA) is 90.9 Å². The number of aromatic nitrogens is 4. The third-order valence-corrected chi connectivity index (χ3v) is 5.58. The van der Waals surface area contributed by atoms with Gasteiger partial charge in [-0.3, -0.25) is 14.2 Å². The first-order chi connectivity index (χ1) is 14.4. The summed E-state index contributed by atoms with van der Waals surface area (Å²) in [7, 11) is 3.21. The lowest BCUT2D eigenvalue weighted by Gasteiger charge is -2.10. The van der Waals surface area contributed by atoms with E-state index in [4.69, 9.17) is 0 Å². The fraction of sp³-hybridized carbons (Fsp3) is 0.182. The van der Waals surface area contributed by atoms with E-state index in [9.17, 15) is 14.4 Å². The van der Waals surface area contributed by atoms with Crippen LogP contribution in [0.2, 0.25) is 0 Å². The summed E-state index contributed by atoms with van der Waals surface area (Å²) in [6, 6.07) is 14.0. The first kappa shape index (κ1) is 18.1. The van der Waals surface area contributed by atoms with Crippen molar-refractivity contribution in [1.29, 1.82) is 0 Å². The summed E-state index contributed by atoms with van der Waals surface area (Å²) in [4.78, 5) is 42.1. The van der Waals surface area contributed by atoms with Crippen LogP contribution in [0.1, 0.15) is 11.1 Å². The number of carbonyl (C=O) groups excluding carboxylic acids is 1. The molecule has 0 bridgehead atoms. The van der Waals surface area contributed by atoms with Crippen molar-refractivity contribution in [3.8, 4) is 11.1 Å². The summed E-state index contributed by atoms with van der Waals surface area (Å²) in [5, 5.41) is 2.81. The summed E-state index contributed by atoms with van der Waals surface area (Å²) in [6.45, 7) is -0.371. The number of hydrogen-bond donors (Lipinski definition) is 1. The molecule has 1 aliphatic rings. The molecule has 2 aromatic heterocycles. The van der Waals surface area contributed by atoms with Crippen molar-refractivity contribution in [3.63, 3.8) is 0 Å². The fourth-order valence-electron chi connectivity index (χ4n) is 4.10. The molecule has 0 radical (unpaired) electrons. The highest BCUT2D eigenvalue weighted by Crippen LogP contribution is 2.37. The van der Waals surface area contributed by atoms with Crippen LogP contribution in [0, 0.1) is 0 Å². The third kappa shape index (κ3) is 2.68. The Labute approximate surface area is 171 Å². The molecule has 0 aliphatic heterocycles. The van der Waals surface area contributed by atoms with Gasteiger partial charge in [-0.1, -0.05) is 30.3 Å². The van der Waals surface area contributed by atoms with Crippen LogP contribution >= 0.6 is 0 Å². The van der Waals surface area contributed by atoms with E-state index in [1.54, 1.807) is 11.6 Å². The Morgan fingerprint density at radius 1 is 1.07 bits per heavy atom. The average Bonchev–Trinajstić information content (AvgIpc) is 3.29. The molecule has 8 nitrogen and oxygen atoms in total. The maximum Gasteiger partial charge on any atom is 0.332 e. The molecule has 150 valence electrons. The number of aryl methyl sites for hydroxylation is 2. The Morgan fingerprint density at radius 2 is 1.83 bits per heavy atom. The summed E-state index contributed by atoms with van der Waals surface area (Å²) in [5.74, 6) is -0.439. The maximum atomic E-state index is 12.8. The van der Waals surface area contributed by atoms with Gasteiger partial charge in [-0.15, -0.1) is 0 Å². The van der Waals surface area contributed by atoms with Gasteiger partial charge in [0.15, 0.2) is 11.2 Å². The number of carbonyl (C=O) groups is 1. The summed E-state index contributed by atoms with van der Waals surface area (Å²) in [6.07, 6.45) is 2.28. The number of nitrogens with one attached hydrogen (secondary N) is 1. The second kappa shape index (κ2) is 6.55.